The minimum atomic E-state index is -0.432. The number of nitrogens with one attached hydrogen (secondary N) is 1. The van der Waals surface area contributed by atoms with Gasteiger partial charge in [0, 0.05) is 36.3 Å². The van der Waals surface area contributed by atoms with E-state index in [-0.39, 0.29) is 17.7 Å². The van der Waals surface area contributed by atoms with E-state index in [4.69, 9.17) is 4.52 Å². The van der Waals surface area contributed by atoms with Crippen LogP contribution >= 0.6 is 0 Å². The van der Waals surface area contributed by atoms with Gasteiger partial charge in [-0.25, -0.2) is 4.39 Å². The molecule has 0 aliphatic carbocycles. The van der Waals surface area contributed by atoms with Crippen molar-refractivity contribution in [3.8, 4) is 11.4 Å². The van der Waals surface area contributed by atoms with Crippen LogP contribution in [0.4, 0.5) is 10.1 Å². The third-order valence-corrected chi connectivity index (χ3v) is 5.30. The molecule has 0 bridgehead atoms. The minimum absolute atomic E-state index is 0.0730. The summed E-state index contributed by atoms with van der Waals surface area (Å²) >= 11 is 0. The Balaban J connectivity index is 1.48. The zero-order valence-electron chi connectivity index (χ0n) is 17.2. The van der Waals surface area contributed by atoms with Crippen molar-refractivity contribution in [2.45, 2.75) is 32.1 Å². The minimum Gasteiger partial charge on any atom is -0.339 e. The molecule has 2 amide bonds. The molecule has 0 spiro atoms. The molecule has 2 aromatic carbocycles. The Morgan fingerprint density at radius 1 is 1.23 bits per heavy atom. The van der Waals surface area contributed by atoms with Crippen LogP contribution in [0.3, 0.4) is 0 Å². The Hall–Kier alpha value is -3.55. The van der Waals surface area contributed by atoms with Crippen LogP contribution in [0.5, 0.6) is 0 Å². The van der Waals surface area contributed by atoms with E-state index in [0.29, 0.717) is 42.5 Å². The summed E-state index contributed by atoms with van der Waals surface area (Å²) in [6.07, 6.45) is 2.01. The highest BCUT2D eigenvalue weighted by Crippen LogP contribution is 2.29. The molecule has 1 aromatic heterocycles. The Kier molecular flexibility index (Phi) is 6.06. The van der Waals surface area contributed by atoms with Gasteiger partial charge in [-0.05, 0) is 43.2 Å². The van der Waals surface area contributed by atoms with Crippen LogP contribution < -0.4 is 5.32 Å². The summed E-state index contributed by atoms with van der Waals surface area (Å²) in [6.45, 7) is 2.83. The molecule has 8 heteroatoms. The number of carbonyl (C=O) groups is 2. The van der Waals surface area contributed by atoms with E-state index in [2.05, 4.69) is 15.5 Å². The summed E-state index contributed by atoms with van der Waals surface area (Å²) in [6, 6.07) is 13.0. The number of nitrogens with zero attached hydrogens (tertiary/aromatic N) is 3. The number of aromatic nitrogens is 2. The monoisotopic (exact) mass is 422 g/mol. The van der Waals surface area contributed by atoms with Gasteiger partial charge in [0.25, 0.3) is 5.91 Å². The predicted molar refractivity (Wildman–Crippen MR) is 113 cm³/mol. The molecule has 1 N–H and O–H groups in total. The van der Waals surface area contributed by atoms with Crippen LogP contribution in [-0.2, 0) is 4.79 Å². The zero-order valence-corrected chi connectivity index (χ0v) is 17.2. The maximum absolute atomic E-state index is 13.5. The average molecular weight is 422 g/mol. The van der Waals surface area contributed by atoms with Crippen molar-refractivity contribution >= 4 is 17.5 Å². The van der Waals surface area contributed by atoms with Gasteiger partial charge in [-0.3, -0.25) is 9.59 Å². The number of carbonyl (C=O) groups excluding carboxylic acids is 2. The summed E-state index contributed by atoms with van der Waals surface area (Å²) in [5.41, 5.74) is 1.73. The van der Waals surface area contributed by atoms with Crippen molar-refractivity contribution in [1.82, 2.24) is 15.0 Å². The fourth-order valence-electron chi connectivity index (χ4n) is 3.67. The second-order valence-corrected chi connectivity index (χ2v) is 7.54. The van der Waals surface area contributed by atoms with Gasteiger partial charge in [0.2, 0.25) is 17.6 Å². The predicted octanol–water partition coefficient (Wildman–Crippen LogP) is 4.24. The molecule has 0 radical (unpaired) electrons. The second-order valence-electron chi connectivity index (χ2n) is 7.54. The van der Waals surface area contributed by atoms with Crippen LogP contribution in [0.2, 0.25) is 0 Å². The lowest BCUT2D eigenvalue weighted by Crippen LogP contribution is -2.39. The van der Waals surface area contributed by atoms with Crippen molar-refractivity contribution in [1.29, 1.82) is 0 Å². The summed E-state index contributed by atoms with van der Waals surface area (Å²) in [7, 11) is 0. The molecule has 3 aromatic rings. The standard InChI is InChI=1S/C23H23FN4O3/c1-2-20(29)25-19-10-4-6-15(13-19)21-26-22(31-27-21)17-8-5-11-28(14-17)23(30)16-7-3-9-18(24)12-16/h3-4,6-7,9-10,12-13,17H,2,5,8,11,14H2,1H3,(H,25,29). The van der Waals surface area contributed by atoms with Gasteiger partial charge >= 0.3 is 0 Å². The number of anilines is 1. The second kappa shape index (κ2) is 9.07. The van der Waals surface area contributed by atoms with Crippen LogP contribution in [-0.4, -0.2) is 39.9 Å². The van der Waals surface area contributed by atoms with E-state index >= 15 is 0 Å². The van der Waals surface area contributed by atoms with E-state index < -0.39 is 5.82 Å². The Morgan fingerprint density at radius 2 is 2.06 bits per heavy atom. The number of piperidine rings is 1. The molecule has 7 nitrogen and oxygen atoms in total. The quantitative estimate of drug-likeness (QED) is 0.664. The van der Waals surface area contributed by atoms with E-state index in [1.54, 1.807) is 30.0 Å². The van der Waals surface area contributed by atoms with Crippen LogP contribution in [0, 0.1) is 5.82 Å². The third-order valence-electron chi connectivity index (χ3n) is 5.30. The van der Waals surface area contributed by atoms with E-state index in [9.17, 15) is 14.0 Å². The first-order valence-corrected chi connectivity index (χ1v) is 10.3. The topological polar surface area (TPSA) is 88.3 Å². The molecular weight excluding hydrogens is 399 g/mol. The Morgan fingerprint density at radius 3 is 2.87 bits per heavy atom. The largest absolute Gasteiger partial charge is 0.339 e. The van der Waals surface area contributed by atoms with E-state index in [0.717, 1.165) is 18.4 Å². The van der Waals surface area contributed by atoms with Crippen molar-refractivity contribution < 1.29 is 18.5 Å². The fraction of sp³-hybridized carbons (Fsp3) is 0.304. The molecule has 31 heavy (non-hydrogen) atoms. The van der Waals surface area contributed by atoms with Crippen LogP contribution in [0.15, 0.2) is 53.1 Å². The Labute approximate surface area is 179 Å². The molecule has 4 rings (SSSR count). The van der Waals surface area contributed by atoms with E-state index in [1.165, 1.54) is 18.2 Å². The first kappa shape index (κ1) is 20.7. The smallest absolute Gasteiger partial charge is 0.253 e. The lowest BCUT2D eigenvalue weighted by molar-refractivity contribution is -0.115. The summed E-state index contributed by atoms with van der Waals surface area (Å²) in [5.74, 6) is 0.0965. The number of hydrogen-bond donors (Lipinski definition) is 1. The van der Waals surface area contributed by atoms with Crippen molar-refractivity contribution in [2.75, 3.05) is 18.4 Å². The number of hydrogen-bond acceptors (Lipinski definition) is 5. The normalized spacial score (nSPS) is 16.2. The van der Waals surface area contributed by atoms with Gasteiger partial charge in [-0.2, -0.15) is 4.98 Å². The number of benzene rings is 2. The zero-order chi connectivity index (χ0) is 21.8. The van der Waals surface area contributed by atoms with Crippen LogP contribution in [0.25, 0.3) is 11.4 Å². The van der Waals surface area contributed by atoms with Crippen LogP contribution in [0.1, 0.15) is 48.4 Å². The molecule has 1 aliphatic heterocycles. The third kappa shape index (κ3) is 4.79. The highest BCUT2D eigenvalue weighted by molar-refractivity contribution is 5.94. The van der Waals surface area contributed by atoms with Gasteiger partial charge < -0.3 is 14.7 Å². The van der Waals surface area contributed by atoms with Gasteiger partial charge in [0.15, 0.2) is 0 Å². The molecule has 1 aliphatic rings. The van der Waals surface area contributed by atoms with Gasteiger partial charge in [0.05, 0.1) is 5.92 Å². The maximum atomic E-state index is 13.5. The summed E-state index contributed by atoms with van der Waals surface area (Å²) < 4.78 is 19.0. The molecular formula is C23H23FN4O3. The first-order chi connectivity index (χ1) is 15.0. The Bertz CT molecular complexity index is 1100. The number of likely N-dealkylation sites (tertiary alicyclic amines) is 1. The van der Waals surface area contributed by atoms with E-state index in [1.807, 2.05) is 12.1 Å². The highest BCUT2D eigenvalue weighted by atomic mass is 19.1. The van der Waals surface area contributed by atoms with Gasteiger partial charge in [-0.1, -0.05) is 30.3 Å². The molecule has 2 heterocycles. The SMILES string of the molecule is CCC(=O)Nc1cccc(-c2noc(C3CCCN(C(=O)c4cccc(F)c4)C3)n2)c1. The lowest BCUT2D eigenvalue weighted by Gasteiger charge is -2.31. The average Bonchev–Trinajstić information content (AvgIpc) is 3.29. The summed E-state index contributed by atoms with van der Waals surface area (Å²) in [5, 5.41) is 6.90. The number of halogens is 1. The molecule has 1 saturated heterocycles. The van der Waals surface area contributed by atoms with Crippen molar-refractivity contribution in [3.05, 3.63) is 65.8 Å². The maximum Gasteiger partial charge on any atom is 0.253 e. The molecule has 1 unspecified atom stereocenters. The van der Waals surface area contributed by atoms with Crippen molar-refractivity contribution in [3.63, 3.8) is 0 Å². The van der Waals surface area contributed by atoms with Gasteiger partial charge in [0.1, 0.15) is 5.82 Å². The number of amides is 2. The molecule has 160 valence electrons. The molecule has 1 fully saturated rings. The highest BCUT2D eigenvalue weighted by Gasteiger charge is 2.29. The fourth-order valence-corrected chi connectivity index (χ4v) is 3.67. The lowest BCUT2D eigenvalue weighted by atomic mass is 9.97. The molecule has 1 atom stereocenters. The van der Waals surface area contributed by atoms with Crippen molar-refractivity contribution in [2.24, 2.45) is 0 Å². The first-order valence-electron chi connectivity index (χ1n) is 10.3. The molecule has 0 saturated carbocycles. The summed E-state index contributed by atoms with van der Waals surface area (Å²) in [4.78, 5) is 30.6. The number of rotatable bonds is 5. The van der Waals surface area contributed by atoms with Gasteiger partial charge in [-0.15, -0.1) is 0 Å².